The van der Waals surface area contributed by atoms with Gasteiger partial charge in [-0.25, -0.2) is 0 Å². The lowest BCUT2D eigenvalue weighted by atomic mass is 9.71. The molecule has 0 amide bonds. The van der Waals surface area contributed by atoms with Crippen LogP contribution in [-0.2, 0) is 0 Å². The van der Waals surface area contributed by atoms with E-state index in [0.717, 1.165) is 6.04 Å². The molecule has 0 aromatic rings. The number of hydrogen-bond donors (Lipinski definition) is 1. The summed E-state index contributed by atoms with van der Waals surface area (Å²) >= 11 is 0. The Balaban J connectivity index is 1.93. The van der Waals surface area contributed by atoms with Gasteiger partial charge in [0.2, 0.25) is 0 Å². The third kappa shape index (κ3) is 3.32. The van der Waals surface area contributed by atoms with Crippen LogP contribution in [0.15, 0.2) is 0 Å². The van der Waals surface area contributed by atoms with Gasteiger partial charge in [-0.05, 0) is 51.2 Å². The molecule has 1 saturated heterocycles. The molecule has 2 aliphatic rings. The van der Waals surface area contributed by atoms with Crippen LogP contribution < -0.4 is 5.73 Å². The fraction of sp³-hybridized carbons (Fsp3) is 1.00. The Morgan fingerprint density at radius 1 is 1.26 bits per heavy atom. The zero-order valence-electron chi connectivity index (χ0n) is 13.4. The van der Waals surface area contributed by atoms with Gasteiger partial charge in [0, 0.05) is 24.7 Å². The van der Waals surface area contributed by atoms with Crippen LogP contribution in [0, 0.1) is 5.41 Å². The van der Waals surface area contributed by atoms with Gasteiger partial charge < -0.3 is 10.6 Å². The second-order valence-corrected chi connectivity index (χ2v) is 7.34. The minimum absolute atomic E-state index is 0.303. The van der Waals surface area contributed by atoms with Gasteiger partial charge in [-0.3, -0.25) is 4.90 Å². The molecular formula is C16H33N3. The van der Waals surface area contributed by atoms with Crippen molar-refractivity contribution in [3.05, 3.63) is 0 Å². The van der Waals surface area contributed by atoms with Crippen molar-refractivity contribution in [2.45, 2.75) is 71.0 Å². The molecule has 19 heavy (non-hydrogen) atoms. The van der Waals surface area contributed by atoms with Gasteiger partial charge in [-0.2, -0.15) is 0 Å². The van der Waals surface area contributed by atoms with E-state index in [1.807, 2.05) is 0 Å². The summed E-state index contributed by atoms with van der Waals surface area (Å²) in [4.78, 5) is 5.19. The molecule has 0 spiro atoms. The van der Waals surface area contributed by atoms with Crippen molar-refractivity contribution in [2.75, 3.05) is 26.7 Å². The summed E-state index contributed by atoms with van der Waals surface area (Å²) in [7, 11) is 2.29. The zero-order chi connectivity index (χ0) is 14.0. The van der Waals surface area contributed by atoms with Gasteiger partial charge in [0.1, 0.15) is 0 Å². The molecule has 3 heteroatoms. The molecule has 0 radical (unpaired) electrons. The Labute approximate surface area is 119 Å². The molecule has 3 atom stereocenters. The molecular weight excluding hydrogens is 234 g/mol. The molecule has 112 valence electrons. The maximum absolute atomic E-state index is 6.54. The molecule has 3 nitrogen and oxygen atoms in total. The number of nitrogens with two attached hydrogens (primary N) is 1. The Hall–Kier alpha value is -0.120. The largest absolute Gasteiger partial charge is 0.326 e. The van der Waals surface area contributed by atoms with Gasteiger partial charge >= 0.3 is 0 Å². The van der Waals surface area contributed by atoms with Crippen molar-refractivity contribution in [1.29, 1.82) is 0 Å². The quantitative estimate of drug-likeness (QED) is 0.848. The molecule has 1 aliphatic carbocycles. The molecule has 0 aromatic carbocycles. The van der Waals surface area contributed by atoms with E-state index in [2.05, 4.69) is 37.6 Å². The number of rotatable bonds is 4. The number of nitrogens with zero attached hydrogens (tertiary/aromatic N) is 2. The molecule has 1 aliphatic heterocycles. The van der Waals surface area contributed by atoms with E-state index in [4.69, 9.17) is 5.73 Å². The van der Waals surface area contributed by atoms with E-state index >= 15 is 0 Å². The highest BCUT2D eigenvalue weighted by Gasteiger charge is 2.39. The second kappa shape index (κ2) is 6.11. The zero-order valence-corrected chi connectivity index (χ0v) is 13.4. The first-order valence-electron chi connectivity index (χ1n) is 8.15. The van der Waals surface area contributed by atoms with Crippen molar-refractivity contribution in [3.63, 3.8) is 0 Å². The Kier molecular flexibility index (Phi) is 4.91. The summed E-state index contributed by atoms with van der Waals surface area (Å²) in [5.74, 6) is 0. The van der Waals surface area contributed by atoms with E-state index in [9.17, 15) is 0 Å². The average Bonchev–Trinajstić information content (AvgIpc) is 2.79. The number of hydrogen-bond acceptors (Lipinski definition) is 3. The Bertz CT molecular complexity index is 290. The first-order chi connectivity index (χ1) is 8.95. The highest BCUT2D eigenvalue weighted by atomic mass is 15.2. The topological polar surface area (TPSA) is 32.5 Å². The SMILES string of the molecule is CCN1CCCC1CN(C)C1CCCC(C)(C)C1N. The van der Waals surface area contributed by atoms with Crippen LogP contribution in [-0.4, -0.2) is 54.6 Å². The normalized spacial score (nSPS) is 36.0. The molecule has 0 aromatic heterocycles. The third-order valence-electron chi connectivity index (χ3n) is 5.61. The standard InChI is InChI=1S/C16H33N3/c1-5-19-11-7-8-13(19)12-18(4)14-9-6-10-16(2,3)15(14)17/h13-15H,5-12,17H2,1-4H3. The maximum atomic E-state index is 6.54. The summed E-state index contributed by atoms with van der Waals surface area (Å²) in [6.07, 6.45) is 6.62. The average molecular weight is 267 g/mol. The third-order valence-corrected chi connectivity index (χ3v) is 5.61. The summed E-state index contributed by atoms with van der Waals surface area (Å²) < 4.78 is 0. The predicted octanol–water partition coefficient (Wildman–Crippen LogP) is 2.31. The van der Waals surface area contributed by atoms with Crippen molar-refractivity contribution in [1.82, 2.24) is 9.80 Å². The number of likely N-dealkylation sites (N-methyl/N-ethyl adjacent to an activating group) is 2. The fourth-order valence-corrected chi connectivity index (χ4v) is 4.11. The van der Waals surface area contributed by atoms with Gasteiger partial charge in [-0.1, -0.05) is 27.2 Å². The van der Waals surface area contributed by atoms with E-state index in [-0.39, 0.29) is 0 Å². The fourth-order valence-electron chi connectivity index (χ4n) is 4.11. The van der Waals surface area contributed by atoms with Crippen LogP contribution >= 0.6 is 0 Å². The molecule has 2 fully saturated rings. The molecule has 2 N–H and O–H groups in total. The lowest BCUT2D eigenvalue weighted by molar-refractivity contribution is 0.0682. The van der Waals surface area contributed by atoms with Crippen LogP contribution in [0.25, 0.3) is 0 Å². The second-order valence-electron chi connectivity index (χ2n) is 7.34. The van der Waals surface area contributed by atoms with E-state index in [1.54, 1.807) is 0 Å². The van der Waals surface area contributed by atoms with Gasteiger partial charge in [0.15, 0.2) is 0 Å². The van der Waals surface area contributed by atoms with Gasteiger partial charge in [0.25, 0.3) is 0 Å². The van der Waals surface area contributed by atoms with Crippen LogP contribution in [0.3, 0.4) is 0 Å². The lowest BCUT2D eigenvalue weighted by Crippen LogP contribution is -2.57. The molecule has 1 heterocycles. The first-order valence-corrected chi connectivity index (χ1v) is 8.15. The molecule has 0 bridgehead atoms. The lowest BCUT2D eigenvalue weighted by Gasteiger charge is -2.46. The summed E-state index contributed by atoms with van der Waals surface area (Å²) in [6.45, 7) is 10.6. The smallest absolute Gasteiger partial charge is 0.0250 e. The maximum Gasteiger partial charge on any atom is 0.0250 e. The van der Waals surface area contributed by atoms with E-state index in [0.29, 0.717) is 17.5 Å². The van der Waals surface area contributed by atoms with Crippen molar-refractivity contribution >= 4 is 0 Å². The van der Waals surface area contributed by atoms with E-state index < -0.39 is 0 Å². The van der Waals surface area contributed by atoms with Crippen molar-refractivity contribution < 1.29 is 0 Å². The highest BCUT2D eigenvalue weighted by Crippen LogP contribution is 2.36. The van der Waals surface area contributed by atoms with Crippen LogP contribution in [0.5, 0.6) is 0 Å². The minimum atomic E-state index is 0.303. The van der Waals surface area contributed by atoms with Crippen molar-refractivity contribution in [3.8, 4) is 0 Å². The van der Waals surface area contributed by atoms with Crippen LogP contribution in [0.1, 0.15) is 52.9 Å². The number of likely N-dealkylation sites (tertiary alicyclic amines) is 1. The Morgan fingerprint density at radius 2 is 2.00 bits per heavy atom. The predicted molar refractivity (Wildman–Crippen MR) is 82.3 cm³/mol. The molecule has 2 rings (SSSR count). The van der Waals surface area contributed by atoms with Gasteiger partial charge in [-0.15, -0.1) is 0 Å². The molecule has 1 saturated carbocycles. The minimum Gasteiger partial charge on any atom is -0.326 e. The summed E-state index contributed by atoms with van der Waals surface area (Å²) in [5, 5.41) is 0. The monoisotopic (exact) mass is 267 g/mol. The first kappa shape index (κ1) is 15.3. The van der Waals surface area contributed by atoms with Crippen LogP contribution in [0.4, 0.5) is 0 Å². The summed E-state index contributed by atoms with van der Waals surface area (Å²) in [5.41, 5.74) is 6.85. The highest BCUT2D eigenvalue weighted by molar-refractivity contribution is 4.96. The van der Waals surface area contributed by atoms with Crippen molar-refractivity contribution in [2.24, 2.45) is 11.1 Å². The summed E-state index contributed by atoms with van der Waals surface area (Å²) in [6, 6.07) is 1.65. The Morgan fingerprint density at radius 3 is 2.68 bits per heavy atom. The molecule has 3 unspecified atom stereocenters. The van der Waals surface area contributed by atoms with E-state index in [1.165, 1.54) is 51.7 Å². The van der Waals surface area contributed by atoms with Gasteiger partial charge in [0.05, 0.1) is 0 Å². The van der Waals surface area contributed by atoms with Crippen LogP contribution in [0.2, 0.25) is 0 Å².